The van der Waals surface area contributed by atoms with Crippen LogP contribution < -0.4 is 0 Å². The van der Waals surface area contributed by atoms with E-state index in [-0.39, 0.29) is 38.6 Å². The Balaban J connectivity index is 1.63. The molecule has 0 aliphatic rings. The van der Waals surface area contributed by atoms with Crippen molar-refractivity contribution in [2.75, 3.05) is 0 Å². The lowest BCUT2D eigenvalue weighted by atomic mass is 9.83. The molecule has 40 heavy (non-hydrogen) atoms. The van der Waals surface area contributed by atoms with Gasteiger partial charge < -0.3 is 0 Å². The molecule has 0 aliphatic carbocycles. The molecule has 0 N–H and O–H groups in total. The first-order chi connectivity index (χ1) is 27.4. The number of fused-ring (bicyclic) bond motifs is 4. The van der Waals surface area contributed by atoms with Gasteiger partial charge in [-0.3, -0.25) is 0 Å². The molecule has 0 aromatic heterocycles. The van der Waals surface area contributed by atoms with Gasteiger partial charge in [-0.25, -0.2) is 0 Å². The van der Waals surface area contributed by atoms with Gasteiger partial charge in [-0.15, -0.1) is 0 Å². The molecule has 0 atom stereocenters. The van der Waals surface area contributed by atoms with E-state index < -0.39 is 125 Å². The molecule has 0 nitrogen and oxygen atoms in total. The van der Waals surface area contributed by atoms with Crippen molar-refractivity contribution >= 4 is 43.1 Å². The molecule has 0 saturated heterocycles. The number of hydrogen-bond donors (Lipinski definition) is 0. The minimum atomic E-state index is -0.729. The molecule has 0 heteroatoms. The van der Waals surface area contributed by atoms with Crippen molar-refractivity contribution in [1.82, 2.24) is 0 Å². The molecule has 8 rings (SSSR count). The van der Waals surface area contributed by atoms with Crippen LogP contribution in [0.15, 0.2) is 157 Å². The highest BCUT2D eigenvalue weighted by Crippen LogP contribution is 2.47. The summed E-state index contributed by atoms with van der Waals surface area (Å²) in [6, 6.07) is 1.77. The number of hydrogen-bond acceptors (Lipinski definition) is 0. The van der Waals surface area contributed by atoms with Gasteiger partial charge in [-0.05, 0) is 82.5 Å². The average Bonchev–Trinajstić information content (AvgIpc) is 3.21. The van der Waals surface area contributed by atoms with Gasteiger partial charge in [0.15, 0.2) is 0 Å². The highest BCUT2D eigenvalue weighted by Gasteiger charge is 2.19. The van der Waals surface area contributed by atoms with Crippen LogP contribution in [-0.4, -0.2) is 0 Å². The molecule has 0 fully saturated rings. The lowest BCUT2D eigenvalue weighted by molar-refractivity contribution is 1.62. The lowest BCUT2D eigenvalue weighted by Gasteiger charge is -2.20. The van der Waals surface area contributed by atoms with Crippen LogP contribution in [-0.2, 0) is 0 Å². The van der Waals surface area contributed by atoms with Crippen LogP contribution in [0, 0.1) is 0 Å². The summed E-state index contributed by atoms with van der Waals surface area (Å²) in [6.45, 7) is 0. The van der Waals surface area contributed by atoms with E-state index in [1.54, 1.807) is 48.5 Å². The summed E-state index contributed by atoms with van der Waals surface area (Å²) in [7, 11) is 0. The Bertz CT molecular complexity index is 3140. The Morgan fingerprint density at radius 3 is 1.55 bits per heavy atom. The van der Waals surface area contributed by atoms with Crippen molar-refractivity contribution in [2.45, 2.75) is 0 Å². The topological polar surface area (TPSA) is 0 Å². The van der Waals surface area contributed by atoms with Crippen LogP contribution in [0.3, 0.4) is 0 Å². The first-order valence-corrected chi connectivity index (χ1v) is 12.4. The minimum absolute atomic E-state index is 0.0680. The van der Waals surface area contributed by atoms with Gasteiger partial charge in [-0.1, -0.05) is 151 Å². The maximum absolute atomic E-state index is 9.37. The number of rotatable bonds is 3. The SMILES string of the molecule is [2H]c1c([2H])c([2H])c(-c2c3ccccc3c(-c3c([2H])c([2H])c([2H])c4c([2H])c([2H])c([2H])c([2H])c34)c3ccccc23)c(-c2c([2H])c([2H])c3c([2H])c([2H])c([2H])c([2H])c3c2[2H])c1[2H]. The van der Waals surface area contributed by atoms with E-state index in [0.717, 1.165) is 0 Å². The van der Waals surface area contributed by atoms with Crippen LogP contribution in [0.25, 0.3) is 76.5 Å². The van der Waals surface area contributed by atoms with Crippen molar-refractivity contribution in [1.29, 1.82) is 0 Å². The second-order valence-corrected chi connectivity index (χ2v) is 9.09. The minimum Gasteiger partial charge on any atom is -0.0616 e. The molecule has 0 bridgehead atoms. The zero-order valence-corrected chi connectivity index (χ0v) is 20.6. The van der Waals surface area contributed by atoms with Gasteiger partial charge in [-0.2, -0.15) is 0 Å². The molecular formula is C40H26. The third-order valence-corrected chi connectivity index (χ3v) is 6.93. The van der Waals surface area contributed by atoms with Crippen molar-refractivity contribution < 1.29 is 24.7 Å². The summed E-state index contributed by atoms with van der Waals surface area (Å²) < 4.78 is 158. The molecule has 186 valence electrons. The van der Waals surface area contributed by atoms with E-state index in [1.165, 1.54) is 0 Å². The molecule has 0 heterocycles. The second-order valence-electron chi connectivity index (χ2n) is 9.09. The summed E-state index contributed by atoms with van der Waals surface area (Å²) >= 11 is 0. The Morgan fingerprint density at radius 1 is 0.350 bits per heavy atom. The van der Waals surface area contributed by atoms with E-state index in [2.05, 4.69) is 0 Å². The first kappa shape index (κ1) is 11.1. The Morgan fingerprint density at radius 2 is 0.850 bits per heavy atom. The molecule has 0 saturated carbocycles. The highest BCUT2D eigenvalue weighted by atomic mass is 14.2. The molecule has 8 aromatic carbocycles. The van der Waals surface area contributed by atoms with Gasteiger partial charge in [0.25, 0.3) is 0 Å². The normalized spacial score (nSPS) is 17.8. The lowest BCUT2D eigenvalue weighted by Crippen LogP contribution is -1.93. The van der Waals surface area contributed by atoms with E-state index in [9.17, 15) is 5.48 Å². The maximum Gasteiger partial charge on any atom is 0.0636 e. The average molecular weight is 525 g/mol. The monoisotopic (exact) mass is 524 g/mol. The fraction of sp³-hybridized carbons (Fsp3) is 0. The van der Waals surface area contributed by atoms with Crippen LogP contribution in [0.1, 0.15) is 24.7 Å². The van der Waals surface area contributed by atoms with Gasteiger partial charge in [0.2, 0.25) is 0 Å². The van der Waals surface area contributed by atoms with Crippen LogP contribution in [0.4, 0.5) is 0 Å². The summed E-state index contributed by atoms with van der Waals surface area (Å²) in [5, 5.41) is 0.00672. The quantitative estimate of drug-likeness (QED) is 0.202. The molecule has 0 aliphatic heterocycles. The third-order valence-electron chi connectivity index (χ3n) is 6.93. The first-order valence-electron chi connectivity index (χ1n) is 21.4. The number of benzene rings is 8. The molecular weight excluding hydrogens is 480 g/mol. The molecule has 0 spiro atoms. The second kappa shape index (κ2) is 9.22. The van der Waals surface area contributed by atoms with E-state index in [4.69, 9.17) is 19.2 Å². The standard InChI is InChI=1S/C40H26/c1-2-14-29-26-30(25-24-27(29)12-1)32-17-5-6-18-33(32)39-35-19-7-9-21-37(35)40(38-22-10-8-20-36(38)39)34-23-11-15-28-13-3-4-16-31(28)34/h1-26H/i1D,2D,3D,4D,5D,6D,11D,12D,13D,14D,15D,16D,17D,18D,23D,24D,25D,26D. The highest BCUT2D eigenvalue weighted by molar-refractivity contribution is 6.24. The van der Waals surface area contributed by atoms with Crippen LogP contribution >= 0.6 is 0 Å². The molecule has 0 unspecified atom stereocenters. The Hall–Kier alpha value is -5.20. The Labute approximate surface area is 259 Å². The summed E-state index contributed by atoms with van der Waals surface area (Å²) in [4.78, 5) is 0. The fourth-order valence-electron chi connectivity index (χ4n) is 5.26. The largest absolute Gasteiger partial charge is 0.0636 e. The van der Waals surface area contributed by atoms with Crippen LogP contribution in [0.5, 0.6) is 0 Å². The van der Waals surface area contributed by atoms with Gasteiger partial charge >= 0.3 is 0 Å². The summed E-state index contributed by atoms with van der Waals surface area (Å²) in [6.07, 6.45) is 0. The van der Waals surface area contributed by atoms with Crippen LogP contribution in [0.2, 0.25) is 0 Å². The predicted molar refractivity (Wildman–Crippen MR) is 173 cm³/mol. The van der Waals surface area contributed by atoms with Gasteiger partial charge in [0.05, 0.1) is 24.7 Å². The summed E-state index contributed by atoms with van der Waals surface area (Å²) in [5.74, 6) is 0. The maximum atomic E-state index is 9.37. The Kier molecular flexibility index (Phi) is 2.56. The third kappa shape index (κ3) is 3.54. The van der Waals surface area contributed by atoms with Crippen molar-refractivity contribution in [3.63, 3.8) is 0 Å². The van der Waals surface area contributed by atoms with Crippen molar-refractivity contribution in [3.8, 4) is 33.4 Å². The van der Waals surface area contributed by atoms with Crippen molar-refractivity contribution in [2.24, 2.45) is 0 Å². The van der Waals surface area contributed by atoms with Gasteiger partial charge in [0, 0.05) is 0 Å². The summed E-state index contributed by atoms with van der Waals surface area (Å²) in [5.41, 5.74) is -0.711. The predicted octanol–water partition coefficient (Wildman–Crippen LogP) is 11.3. The van der Waals surface area contributed by atoms with Crippen molar-refractivity contribution in [3.05, 3.63) is 157 Å². The molecule has 8 aromatic rings. The van der Waals surface area contributed by atoms with Gasteiger partial charge in [0.1, 0.15) is 0 Å². The van der Waals surface area contributed by atoms with E-state index in [0.29, 0.717) is 21.5 Å². The molecule has 0 radical (unpaired) electrons. The fourth-order valence-corrected chi connectivity index (χ4v) is 5.26. The van der Waals surface area contributed by atoms with E-state index in [1.807, 2.05) is 0 Å². The molecule has 0 amide bonds. The zero-order valence-electron chi connectivity index (χ0n) is 38.6. The zero-order chi connectivity index (χ0) is 42.1. The van der Waals surface area contributed by atoms with E-state index >= 15 is 0 Å². The smallest absolute Gasteiger partial charge is 0.0616 e.